The lowest BCUT2D eigenvalue weighted by Gasteiger charge is -1.99. The molecule has 23 heavy (non-hydrogen) atoms. The number of nitrogens with zero attached hydrogens (tertiary/aromatic N) is 2. The van der Waals surface area contributed by atoms with Crippen LogP contribution in [-0.4, -0.2) is 6.21 Å². The monoisotopic (exact) mass is 364 g/mol. The summed E-state index contributed by atoms with van der Waals surface area (Å²) in [5.74, 6) is 1.44. The van der Waals surface area contributed by atoms with E-state index in [0.29, 0.717) is 11.3 Å². The normalized spacial score (nSPS) is 10.8. The van der Waals surface area contributed by atoms with Gasteiger partial charge in [-0.25, -0.2) is 0 Å². The van der Waals surface area contributed by atoms with Crippen molar-refractivity contribution in [2.45, 2.75) is 6.92 Å². The van der Waals surface area contributed by atoms with Gasteiger partial charge < -0.3 is 4.42 Å². The van der Waals surface area contributed by atoms with E-state index in [2.05, 4.69) is 27.0 Å². The molecule has 3 nitrogen and oxygen atoms in total. The SMILES string of the molecule is Cc1cc(Br)ccc1N=Cc1ccc(-c2ccc(C#N)cc2)o1. The average Bonchev–Trinajstić information content (AvgIpc) is 3.03. The first-order valence-electron chi connectivity index (χ1n) is 7.06. The third kappa shape index (κ3) is 3.58. The zero-order valence-corrected chi connectivity index (χ0v) is 14.0. The molecule has 112 valence electrons. The van der Waals surface area contributed by atoms with Gasteiger partial charge in [-0.1, -0.05) is 15.9 Å². The van der Waals surface area contributed by atoms with Gasteiger partial charge >= 0.3 is 0 Å². The van der Waals surface area contributed by atoms with Crippen molar-refractivity contribution in [2.75, 3.05) is 0 Å². The Morgan fingerprint density at radius 1 is 1.09 bits per heavy atom. The summed E-state index contributed by atoms with van der Waals surface area (Å²) >= 11 is 3.44. The van der Waals surface area contributed by atoms with Crippen molar-refractivity contribution in [1.82, 2.24) is 0 Å². The molecule has 0 N–H and O–H groups in total. The van der Waals surface area contributed by atoms with Gasteiger partial charge in [-0.3, -0.25) is 4.99 Å². The van der Waals surface area contributed by atoms with Gasteiger partial charge in [-0.2, -0.15) is 5.26 Å². The molecular formula is C19H13BrN2O. The summed E-state index contributed by atoms with van der Waals surface area (Å²) in [7, 11) is 0. The Bertz CT molecular complexity index is 902. The fourth-order valence-corrected chi connectivity index (χ4v) is 2.66. The van der Waals surface area contributed by atoms with Crippen molar-refractivity contribution in [2.24, 2.45) is 4.99 Å². The predicted octanol–water partition coefficient (Wildman–Crippen LogP) is 5.64. The zero-order valence-electron chi connectivity index (χ0n) is 12.5. The van der Waals surface area contributed by atoms with Crippen LogP contribution in [0.1, 0.15) is 16.9 Å². The molecule has 1 aromatic heterocycles. The lowest BCUT2D eigenvalue weighted by Crippen LogP contribution is -1.79. The first-order chi connectivity index (χ1) is 11.2. The zero-order chi connectivity index (χ0) is 16.2. The molecule has 0 aliphatic rings. The lowest BCUT2D eigenvalue weighted by molar-refractivity contribution is 0.575. The Kier molecular flexibility index (Phi) is 4.40. The minimum atomic E-state index is 0.632. The fraction of sp³-hybridized carbons (Fsp3) is 0.0526. The number of hydrogen-bond acceptors (Lipinski definition) is 3. The van der Waals surface area contributed by atoms with Crippen LogP contribution in [0, 0.1) is 18.3 Å². The van der Waals surface area contributed by atoms with Crippen molar-refractivity contribution in [3.05, 3.63) is 76.0 Å². The predicted molar refractivity (Wildman–Crippen MR) is 95.0 cm³/mol. The van der Waals surface area contributed by atoms with Crippen LogP contribution >= 0.6 is 15.9 Å². The van der Waals surface area contributed by atoms with E-state index in [0.717, 1.165) is 27.0 Å². The molecule has 0 amide bonds. The number of halogens is 1. The summed E-state index contributed by atoms with van der Waals surface area (Å²) in [5.41, 5.74) is 3.57. The topological polar surface area (TPSA) is 49.3 Å². The summed E-state index contributed by atoms with van der Waals surface area (Å²) in [6.45, 7) is 2.02. The van der Waals surface area contributed by atoms with Gasteiger partial charge in [0.15, 0.2) is 0 Å². The van der Waals surface area contributed by atoms with E-state index in [-0.39, 0.29) is 0 Å². The van der Waals surface area contributed by atoms with Gasteiger partial charge in [0, 0.05) is 10.0 Å². The molecule has 0 atom stereocenters. The molecule has 0 spiro atoms. The number of benzene rings is 2. The second kappa shape index (κ2) is 6.64. The third-order valence-corrected chi connectivity index (χ3v) is 3.91. The first-order valence-corrected chi connectivity index (χ1v) is 7.85. The summed E-state index contributed by atoms with van der Waals surface area (Å²) in [5, 5.41) is 8.83. The lowest BCUT2D eigenvalue weighted by atomic mass is 10.1. The summed E-state index contributed by atoms with van der Waals surface area (Å²) in [6, 6.07) is 19.1. The van der Waals surface area contributed by atoms with Crippen molar-refractivity contribution in [1.29, 1.82) is 5.26 Å². The summed E-state index contributed by atoms with van der Waals surface area (Å²) in [4.78, 5) is 4.47. The van der Waals surface area contributed by atoms with E-state index in [1.165, 1.54) is 0 Å². The van der Waals surface area contributed by atoms with Gasteiger partial charge in [0.1, 0.15) is 11.5 Å². The van der Waals surface area contributed by atoms with Crippen LogP contribution in [0.4, 0.5) is 5.69 Å². The number of furan rings is 1. The molecule has 3 rings (SSSR count). The van der Waals surface area contributed by atoms with Gasteiger partial charge in [-0.15, -0.1) is 0 Å². The van der Waals surface area contributed by atoms with E-state index in [1.54, 1.807) is 18.3 Å². The molecule has 0 aliphatic carbocycles. The molecule has 4 heteroatoms. The molecular weight excluding hydrogens is 352 g/mol. The van der Waals surface area contributed by atoms with E-state index < -0.39 is 0 Å². The van der Waals surface area contributed by atoms with E-state index >= 15 is 0 Å². The smallest absolute Gasteiger partial charge is 0.145 e. The number of aryl methyl sites for hydroxylation is 1. The van der Waals surface area contributed by atoms with Crippen LogP contribution in [0.25, 0.3) is 11.3 Å². The van der Waals surface area contributed by atoms with Crippen LogP contribution < -0.4 is 0 Å². The largest absolute Gasteiger partial charge is 0.455 e. The van der Waals surface area contributed by atoms with E-state index in [9.17, 15) is 0 Å². The highest BCUT2D eigenvalue weighted by Gasteiger charge is 2.04. The van der Waals surface area contributed by atoms with Gasteiger partial charge in [-0.05, 0) is 67.1 Å². The Labute approximate surface area is 143 Å². The fourth-order valence-electron chi connectivity index (χ4n) is 2.18. The first kappa shape index (κ1) is 15.3. The third-order valence-electron chi connectivity index (χ3n) is 3.42. The number of aliphatic imine (C=N–C) groups is 1. The molecule has 0 aliphatic heterocycles. The van der Waals surface area contributed by atoms with Crippen LogP contribution in [0.15, 0.2) is 68.5 Å². The second-order valence-electron chi connectivity index (χ2n) is 5.08. The Morgan fingerprint density at radius 3 is 2.57 bits per heavy atom. The van der Waals surface area contributed by atoms with E-state index in [1.807, 2.05) is 49.4 Å². The molecule has 0 radical (unpaired) electrons. The van der Waals surface area contributed by atoms with E-state index in [4.69, 9.17) is 9.68 Å². The van der Waals surface area contributed by atoms with Crippen molar-refractivity contribution < 1.29 is 4.42 Å². The maximum absolute atomic E-state index is 8.83. The standard InChI is InChI=1S/C19H13BrN2O/c1-13-10-16(20)6-8-18(13)22-12-17-7-9-19(23-17)15-4-2-14(11-21)3-5-15/h2-10,12H,1H3. The number of rotatable bonds is 3. The van der Waals surface area contributed by atoms with Gasteiger partial charge in [0.25, 0.3) is 0 Å². The van der Waals surface area contributed by atoms with Crippen molar-refractivity contribution in [3.63, 3.8) is 0 Å². The Balaban J connectivity index is 1.81. The molecule has 0 unspecified atom stereocenters. The molecule has 0 fully saturated rings. The quantitative estimate of drug-likeness (QED) is 0.564. The molecule has 0 saturated heterocycles. The highest BCUT2D eigenvalue weighted by Crippen LogP contribution is 2.24. The van der Waals surface area contributed by atoms with Gasteiger partial charge in [0.2, 0.25) is 0 Å². The highest BCUT2D eigenvalue weighted by atomic mass is 79.9. The second-order valence-corrected chi connectivity index (χ2v) is 6.00. The minimum absolute atomic E-state index is 0.632. The maximum Gasteiger partial charge on any atom is 0.145 e. The van der Waals surface area contributed by atoms with Crippen molar-refractivity contribution >= 4 is 27.8 Å². The number of nitriles is 1. The Morgan fingerprint density at radius 2 is 1.87 bits per heavy atom. The summed E-state index contributed by atoms with van der Waals surface area (Å²) in [6.07, 6.45) is 1.71. The number of hydrogen-bond donors (Lipinski definition) is 0. The van der Waals surface area contributed by atoms with Crippen LogP contribution in [0.2, 0.25) is 0 Å². The molecule has 0 saturated carbocycles. The molecule has 3 aromatic rings. The molecule has 2 aromatic carbocycles. The molecule has 1 heterocycles. The Hall–Kier alpha value is -2.64. The molecule has 0 bridgehead atoms. The summed E-state index contributed by atoms with van der Waals surface area (Å²) < 4.78 is 6.82. The van der Waals surface area contributed by atoms with Crippen LogP contribution in [-0.2, 0) is 0 Å². The van der Waals surface area contributed by atoms with Crippen molar-refractivity contribution in [3.8, 4) is 17.4 Å². The van der Waals surface area contributed by atoms with Gasteiger partial charge in [0.05, 0.1) is 23.5 Å². The minimum Gasteiger partial charge on any atom is -0.455 e. The van der Waals surface area contributed by atoms with Crippen LogP contribution in [0.3, 0.4) is 0 Å². The maximum atomic E-state index is 8.83. The highest BCUT2D eigenvalue weighted by molar-refractivity contribution is 9.10. The van der Waals surface area contributed by atoms with Crippen LogP contribution in [0.5, 0.6) is 0 Å². The average molecular weight is 365 g/mol.